The Balaban J connectivity index is 2.00. The van der Waals surface area contributed by atoms with Crippen molar-refractivity contribution in [1.82, 2.24) is 0 Å². The molecule has 128 valence electrons. The van der Waals surface area contributed by atoms with Gasteiger partial charge in [-0.05, 0) is 30.9 Å². The molecular formula is C19H23O4P. The molecule has 0 aliphatic rings. The standard InChI is InChI=1S/C19H23O4P/c1-16(19(20)21)24(22,23-15-18-11-6-3-7-12-18)14-8-13-17-9-4-2-5-10-17/h2-7,9-12,16H,8,13-15H2,1H3,(H,20,21). The molecule has 0 saturated carbocycles. The second-order valence-electron chi connectivity index (χ2n) is 5.81. The lowest BCUT2D eigenvalue weighted by molar-refractivity contribution is -0.136. The number of carboxylic acids is 1. The van der Waals surface area contributed by atoms with Gasteiger partial charge in [0.05, 0.1) is 6.61 Å². The predicted molar refractivity (Wildman–Crippen MR) is 95.6 cm³/mol. The normalized spacial score (nSPS) is 14.7. The van der Waals surface area contributed by atoms with E-state index in [4.69, 9.17) is 4.52 Å². The molecule has 2 aromatic carbocycles. The fraction of sp³-hybridized carbons (Fsp3) is 0.316. The molecule has 0 heterocycles. The first-order valence-electron chi connectivity index (χ1n) is 8.05. The molecule has 24 heavy (non-hydrogen) atoms. The molecular weight excluding hydrogens is 323 g/mol. The van der Waals surface area contributed by atoms with Crippen molar-refractivity contribution in [2.75, 3.05) is 6.16 Å². The molecule has 0 aliphatic heterocycles. The molecule has 1 N–H and O–H groups in total. The van der Waals surface area contributed by atoms with Crippen molar-refractivity contribution in [1.29, 1.82) is 0 Å². The van der Waals surface area contributed by atoms with Crippen LogP contribution in [0.1, 0.15) is 24.5 Å². The molecule has 0 saturated heterocycles. The third kappa shape index (κ3) is 5.33. The maximum absolute atomic E-state index is 13.1. The number of carboxylic acid groups (broad SMARTS) is 1. The van der Waals surface area contributed by atoms with Crippen LogP contribution in [0.4, 0.5) is 0 Å². The summed E-state index contributed by atoms with van der Waals surface area (Å²) in [5.74, 6) is -1.08. The van der Waals surface area contributed by atoms with Crippen LogP contribution in [0.25, 0.3) is 0 Å². The van der Waals surface area contributed by atoms with E-state index in [9.17, 15) is 14.5 Å². The van der Waals surface area contributed by atoms with Crippen molar-refractivity contribution in [3.05, 3.63) is 71.8 Å². The van der Waals surface area contributed by atoms with Gasteiger partial charge in [-0.25, -0.2) is 0 Å². The summed E-state index contributed by atoms with van der Waals surface area (Å²) >= 11 is 0. The summed E-state index contributed by atoms with van der Waals surface area (Å²) in [5.41, 5.74) is 1.03. The zero-order valence-corrected chi connectivity index (χ0v) is 14.7. The van der Waals surface area contributed by atoms with Crippen molar-refractivity contribution in [2.24, 2.45) is 0 Å². The highest BCUT2D eigenvalue weighted by Gasteiger charge is 2.35. The Morgan fingerprint density at radius 1 is 1.04 bits per heavy atom. The predicted octanol–water partition coefficient (Wildman–Crippen LogP) is 4.59. The fourth-order valence-electron chi connectivity index (χ4n) is 2.44. The molecule has 2 rings (SSSR count). The van der Waals surface area contributed by atoms with E-state index in [1.165, 1.54) is 6.92 Å². The van der Waals surface area contributed by atoms with Crippen LogP contribution in [0.2, 0.25) is 0 Å². The molecule has 0 bridgehead atoms. The first kappa shape index (κ1) is 18.4. The van der Waals surface area contributed by atoms with E-state index in [0.717, 1.165) is 17.5 Å². The van der Waals surface area contributed by atoms with E-state index in [-0.39, 0.29) is 12.8 Å². The van der Waals surface area contributed by atoms with Gasteiger partial charge in [0.25, 0.3) is 0 Å². The van der Waals surface area contributed by atoms with E-state index in [2.05, 4.69) is 0 Å². The highest BCUT2D eigenvalue weighted by molar-refractivity contribution is 7.60. The summed E-state index contributed by atoms with van der Waals surface area (Å²) in [6, 6.07) is 19.3. The molecule has 0 spiro atoms. The monoisotopic (exact) mass is 346 g/mol. The largest absolute Gasteiger partial charge is 0.481 e. The Kier molecular flexibility index (Phi) is 6.77. The highest BCUT2D eigenvalue weighted by Crippen LogP contribution is 2.53. The molecule has 0 aromatic heterocycles. The molecule has 2 unspecified atom stereocenters. The first-order chi connectivity index (χ1) is 11.5. The van der Waals surface area contributed by atoms with E-state index in [1.807, 2.05) is 60.7 Å². The van der Waals surface area contributed by atoms with E-state index in [1.54, 1.807) is 0 Å². The minimum absolute atomic E-state index is 0.168. The Hall–Kier alpha value is -1.90. The van der Waals surface area contributed by atoms with Gasteiger partial charge in [0.15, 0.2) is 0 Å². The Bertz CT molecular complexity index is 685. The number of carbonyl (C=O) groups is 1. The summed E-state index contributed by atoms with van der Waals surface area (Å²) in [6.07, 6.45) is 1.65. The number of hydrogen-bond acceptors (Lipinski definition) is 3. The Morgan fingerprint density at radius 3 is 2.12 bits per heavy atom. The van der Waals surface area contributed by atoms with Gasteiger partial charge in [0, 0.05) is 6.16 Å². The smallest absolute Gasteiger partial charge is 0.316 e. The summed E-state index contributed by atoms with van der Waals surface area (Å²) in [7, 11) is -3.27. The average Bonchev–Trinajstić information content (AvgIpc) is 2.61. The molecule has 4 nitrogen and oxygen atoms in total. The molecule has 0 fully saturated rings. The topological polar surface area (TPSA) is 63.6 Å². The van der Waals surface area contributed by atoms with E-state index in [0.29, 0.717) is 6.42 Å². The van der Waals surface area contributed by atoms with Gasteiger partial charge in [-0.3, -0.25) is 9.36 Å². The SMILES string of the molecule is CC(C(=O)O)P(=O)(CCCc1ccccc1)OCc1ccccc1. The van der Waals surface area contributed by atoms with Gasteiger partial charge in [0.1, 0.15) is 5.66 Å². The number of aryl methyl sites for hydroxylation is 1. The van der Waals surface area contributed by atoms with Crippen molar-refractivity contribution in [3.63, 3.8) is 0 Å². The van der Waals surface area contributed by atoms with E-state index >= 15 is 0 Å². The minimum atomic E-state index is -3.27. The van der Waals surface area contributed by atoms with Gasteiger partial charge in [-0.2, -0.15) is 0 Å². The van der Waals surface area contributed by atoms with Crippen LogP contribution < -0.4 is 0 Å². The molecule has 0 amide bonds. The summed E-state index contributed by atoms with van der Waals surface area (Å²) in [4.78, 5) is 11.3. The summed E-state index contributed by atoms with van der Waals surface area (Å²) in [5, 5.41) is 9.28. The third-order valence-electron chi connectivity index (χ3n) is 4.02. The van der Waals surface area contributed by atoms with Crippen LogP contribution in [0, 0.1) is 0 Å². The first-order valence-corrected chi connectivity index (χ1v) is 9.93. The average molecular weight is 346 g/mol. The molecule has 2 atom stereocenters. The lowest BCUT2D eigenvalue weighted by Crippen LogP contribution is -2.20. The number of hydrogen-bond donors (Lipinski definition) is 1. The van der Waals surface area contributed by atoms with Crippen LogP contribution in [-0.2, 0) is 26.9 Å². The van der Waals surface area contributed by atoms with Gasteiger partial charge in [-0.15, -0.1) is 0 Å². The van der Waals surface area contributed by atoms with Crippen LogP contribution in [0.5, 0.6) is 0 Å². The quantitative estimate of drug-likeness (QED) is 0.675. The van der Waals surface area contributed by atoms with Gasteiger partial charge < -0.3 is 9.63 Å². The lowest BCUT2D eigenvalue weighted by atomic mass is 10.1. The lowest BCUT2D eigenvalue weighted by Gasteiger charge is -2.22. The van der Waals surface area contributed by atoms with Crippen molar-refractivity contribution in [3.8, 4) is 0 Å². The zero-order valence-electron chi connectivity index (χ0n) is 13.8. The zero-order chi connectivity index (χ0) is 17.4. The maximum Gasteiger partial charge on any atom is 0.316 e. The third-order valence-corrected chi connectivity index (χ3v) is 6.92. The molecule has 0 aliphatic carbocycles. The number of aliphatic carboxylic acids is 1. The fourth-order valence-corrected chi connectivity index (χ4v) is 4.49. The van der Waals surface area contributed by atoms with Crippen molar-refractivity contribution in [2.45, 2.75) is 32.0 Å². The minimum Gasteiger partial charge on any atom is -0.481 e. The molecule has 0 radical (unpaired) electrons. The van der Waals surface area contributed by atoms with Crippen LogP contribution in [0.3, 0.4) is 0 Å². The summed E-state index contributed by atoms with van der Waals surface area (Å²) < 4.78 is 18.8. The van der Waals surface area contributed by atoms with Crippen LogP contribution in [0.15, 0.2) is 60.7 Å². The van der Waals surface area contributed by atoms with Crippen LogP contribution >= 0.6 is 7.37 Å². The van der Waals surface area contributed by atoms with Crippen LogP contribution in [-0.4, -0.2) is 22.9 Å². The Morgan fingerprint density at radius 2 is 1.58 bits per heavy atom. The number of rotatable bonds is 9. The van der Waals surface area contributed by atoms with Crippen molar-refractivity contribution < 1.29 is 19.0 Å². The maximum atomic E-state index is 13.1. The van der Waals surface area contributed by atoms with Gasteiger partial charge in [-0.1, -0.05) is 60.7 Å². The Labute approximate surface area is 142 Å². The molecule has 2 aromatic rings. The second-order valence-corrected chi connectivity index (χ2v) is 8.74. The summed E-state index contributed by atoms with van der Waals surface area (Å²) in [6.45, 7) is 1.64. The highest BCUT2D eigenvalue weighted by atomic mass is 31.2. The second kappa shape index (κ2) is 8.81. The number of benzene rings is 2. The van der Waals surface area contributed by atoms with Crippen molar-refractivity contribution >= 4 is 13.3 Å². The van der Waals surface area contributed by atoms with Gasteiger partial charge >= 0.3 is 5.97 Å². The van der Waals surface area contributed by atoms with Gasteiger partial charge in [0.2, 0.25) is 7.37 Å². The molecule has 5 heteroatoms. The van der Waals surface area contributed by atoms with E-state index < -0.39 is 19.0 Å².